The Balaban J connectivity index is 2.01. The van der Waals surface area contributed by atoms with Crippen molar-refractivity contribution < 1.29 is 14.4 Å². The lowest BCUT2D eigenvalue weighted by Crippen LogP contribution is -2.49. The molecule has 100 valence electrons. The Morgan fingerprint density at radius 1 is 1.20 bits per heavy atom. The molecule has 0 radical (unpaired) electrons. The number of hydrogen-bond acceptors (Lipinski definition) is 4. The Labute approximate surface area is 114 Å². The van der Waals surface area contributed by atoms with Gasteiger partial charge in [-0.2, -0.15) is 0 Å². The van der Waals surface area contributed by atoms with Crippen molar-refractivity contribution in [2.24, 2.45) is 0 Å². The van der Waals surface area contributed by atoms with Gasteiger partial charge in [-0.05, 0) is 18.2 Å². The molecule has 1 aromatic heterocycles. The van der Waals surface area contributed by atoms with Crippen molar-refractivity contribution in [3.05, 3.63) is 36.0 Å². The van der Waals surface area contributed by atoms with Gasteiger partial charge in [0.25, 0.3) is 0 Å². The minimum atomic E-state index is -0.438. The third-order valence-corrected chi connectivity index (χ3v) is 3.18. The Kier molecular flexibility index (Phi) is 2.90. The summed E-state index contributed by atoms with van der Waals surface area (Å²) in [6.45, 7) is 0.337. The van der Waals surface area contributed by atoms with Gasteiger partial charge in [0.2, 0.25) is 5.91 Å². The van der Waals surface area contributed by atoms with E-state index in [1.54, 1.807) is 24.3 Å². The summed E-state index contributed by atoms with van der Waals surface area (Å²) in [5, 5.41) is 3.15. The molecule has 1 aromatic carbocycles. The van der Waals surface area contributed by atoms with Crippen LogP contribution in [-0.4, -0.2) is 29.8 Å². The zero-order valence-corrected chi connectivity index (χ0v) is 10.5. The van der Waals surface area contributed by atoms with Gasteiger partial charge in [0.1, 0.15) is 5.69 Å². The van der Waals surface area contributed by atoms with E-state index in [9.17, 15) is 14.4 Å². The second kappa shape index (κ2) is 4.73. The number of nitrogens with zero attached hydrogens (tertiary/aromatic N) is 2. The number of rotatable bonds is 2. The van der Waals surface area contributed by atoms with E-state index in [1.165, 1.54) is 4.90 Å². The quantitative estimate of drug-likeness (QED) is 0.838. The maximum atomic E-state index is 11.8. The Bertz CT molecular complexity index is 727. The fraction of sp³-hybridized carbons (Fsp3) is 0.143. The lowest BCUT2D eigenvalue weighted by molar-refractivity contribution is -0.120. The van der Waals surface area contributed by atoms with E-state index in [2.05, 4.69) is 10.3 Å². The molecule has 0 saturated carbocycles. The van der Waals surface area contributed by atoms with Crippen molar-refractivity contribution in [1.82, 2.24) is 10.3 Å². The Morgan fingerprint density at radius 3 is 2.75 bits per heavy atom. The third kappa shape index (κ3) is 2.11. The van der Waals surface area contributed by atoms with Gasteiger partial charge in [0, 0.05) is 24.0 Å². The van der Waals surface area contributed by atoms with Gasteiger partial charge >= 0.3 is 6.03 Å². The molecule has 6 heteroatoms. The summed E-state index contributed by atoms with van der Waals surface area (Å²) < 4.78 is 0. The molecular weight excluding hydrogens is 258 g/mol. The van der Waals surface area contributed by atoms with Crippen molar-refractivity contribution in [3.63, 3.8) is 0 Å². The highest BCUT2D eigenvalue weighted by Crippen LogP contribution is 2.22. The predicted molar refractivity (Wildman–Crippen MR) is 72.6 cm³/mol. The number of nitrogens with one attached hydrogen (secondary N) is 1. The summed E-state index contributed by atoms with van der Waals surface area (Å²) in [4.78, 5) is 39.3. The monoisotopic (exact) mass is 269 g/mol. The first-order chi connectivity index (χ1) is 9.67. The largest absolute Gasteiger partial charge is 0.328 e. The highest BCUT2D eigenvalue weighted by molar-refractivity contribution is 6.06. The number of amides is 3. The van der Waals surface area contributed by atoms with Gasteiger partial charge in [0.15, 0.2) is 6.29 Å². The van der Waals surface area contributed by atoms with E-state index in [1.807, 2.05) is 6.07 Å². The van der Waals surface area contributed by atoms with Crippen LogP contribution in [0.4, 0.5) is 10.5 Å². The number of hydrogen-bond donors (Lipinski definition) is 1. The molecule has 0 spiro atoms. The van der Waals surface area contributed by atoms with Crippen LogP contribution in [0.2, 0.25) is 0 Å². The summed E-state index contributed by atoms with van der Waals surface area (Å²) in [5.74, 6) is -0.270. The number of anilines is 1. The van der Waals surface area contributed by atoms with Crippen LogP contribution in [-0.2, 0) is 4.79 Å². The fourth-order valence-electron chi connectivity index (χ4n) is 2.17. The SMILES string of the molecule is O=Cc1ccc2ccc(N3CCC(=O)NC3=O)cc2n1. The molecule has 0 bridgehead atoms. The summed E-state index contributed by atoms with van der Waals surface area (Å²) in [6, 6.07) is 8.36. The van der Waals surface area contributed by atoms with Gasteiger partial charge in [0.05, 0.1) is 5.52 Å². The molecule has 1 aliphatic rings. The number of benzene rings is 1. The van der Waals surface area contributed by atoms with E-state index < -0.39 is 6.03 Å². The molecule has 0 unspecified atom stereocenters. The van der Waals surface area contributed by atoms with Crippen LogP contribution in [0.15, 0.2) is 30.3 Å². The average Bonchev–Trinajstić information content (AvgIpc) is 2.46. The van der Waals surface area contributed by atoms with Crippen molar-refractivity contribution in [1.29, 1.82) is 0 Å². The van der Waals surface area contributed by atoms with Crippen LogP contribution in [0, 0.1) is 0 Å². The molecule has 20 heavy (non-hydrogen) atoms. The molecule has 3 rings (SSSR count). The minimum absolute atomic E-state index is 0.269. The normalized spacial score (nSPS) is 15.3. The predicted octanol–water partition coefficient (Wildman–Crippen LogP) is 1.49. The molecule has 1 saturated heterocycles. The van der Waals surface area contributed by atoms with Crippen LogP contribution in [0.1, 0.15) is 16.9 Å². The Morgan fingerprint density at radius 2 is 2.00 bits per heavy atom. The molecule has 3 amide bonds. The lowest BCUT2D eigenvalue weighted by Gasteiger charge is -2.26. The second-order valence-corrected chi connectivity index (χ2v) is 4.49. The van der Waals surface area contributed by atoms with Crippen LogP contribution >= 0.6 is 0 Å². The van der Waals surface area contributed by atoms with E-state index in [0.29, 0.717) is 29.7 Å². The zero-order chi connectivity index (χ0) is 14.1. The molecule has 0 atom stereocenters. The first-order valence-corrected chi connectivity index (χ1v) is 6.15. The fourth-order valence-corrected chi connectivity index (χ4v) is 2.17. The van der Waals surface area contributed by atoms with Gasteiger partial charge in [-0.3, -0.25) is 19.8 Å². The van der Waals surface area contributed by atoms with E-state index in [4.69, 9.17) is 0 Å². The summed E-state index contributed by atoms with van der Waals surface area (Å²) in [6.07, 6.45) is 0.948. The number of aldehydes is 1. The van der Waals surface area contributed by atoms with Crippen molar-refractivity contribution in [2.75, 3.05) is 11.4 Å². The topological polar surface area (TPSA) is 79.4 Å². The number of carbonyl (C=O) groups excluding carboxylic acids is 3. The first kappa shape index (κ1) is 12.3. The number of urea groups is 1. The molecule has 0 aliphatic carbocycles. The maximum Gasteiger partial charge on any atom is 0.328 e. The van der Waals surface area contributed by atoms with E-state index in [-0.39, 0.29) is 12.3 Å². The van der Waals surface area contributed by atoms with Crippen LogP contribution in [0.5, 0.6) is 0 Å². The summed E-state index contributed by atoms with van der Waals surface area (Å²) >= 11 is 0. The van der Waals surface area contributed by atoms with Gasteiger partial charge in [-0.25, -0.2) is 9.78 Å². The molecule has 6 nitrogen and oxygen atoms in total. The van der Waals surface area contributed by atoms with Gasteiger partial charge in [-0.1, -0.05) is 12.1 Å². The first-order valence-electron chi connectivity index (χ1n) is 6.15. The van der Waals surface area contributed by atoms with Crippen molar-refractivity contribution in [2.45, 2.75) is 6.42 Å². The van der Waals surface area contributed by atoms with Crippen LogP contribution < -0.4 is 10.2 Å². The molecule has 1 N–H and O–H groups in total. The average molecular weight is 269 g/mol. The summed E-state index contributed by atoms with van der Waals surface area (Å²) in [5.41, 5.74) is 1.63. The van der Waals surface area contributed by atoms with Crippen molar-refractivity contribution in [3.8, 4) is 0 Å². The third-order valence-electron chi connectivity index (χ3n) is 3.18. The zero-order valence-electron chi connectivity index (χ0n) is 10.5. The number of imide groups is 1. The highest BCUT2D eigenvalue weighted by Gasteiger charge is 2.24. The number of carbonyl (C=O) groups is 3. The maximum absolute atomic E-state index is 11.8. The Hall–Kier alpha value is -2.76. The molecule has 2 aromatic rings. The summed E-state index contributed by atoms with van der Waals surface area (Å²) in [7, 11) is 0. The van der Waals surface area contributed by atoms with Gasteiger partial charge in [-0.15, -0.1) is 0 Å². The second-order valence-electron chi connectivity index (χ2n) is 4.49. The van der Waals surface area contributed by atoms with Gasteiger partial charge < -0.3 is 0 Å². The van der Waals surface area contributed by atoms with Crippen LogP contribution in [0.25, 0.3) is 10.9 Å². The standard InChI is InChI=1S/C14H11N3O3/c18-8-10-3-1-9-2-4-11(7-12(9)15-10)17-6-5-13(19)16-14(17)20/h1-4,7-8H,5-6H2,(H,16,19,20). The molecule has 1 aliphatic heterocycles. The van der Waals surface area contributed by atoms with E-state index in [0.717, 1.165) is 5.39 Å². The molecule has 2 heterocycles. The highest BCUT2D eigenvalue weighted by atomic mass is 16.2. The van der Waals surface area contributed by atoms with E-state index >= 15 is 0 Å². The lowest BCUT2D eigenvalue weighted by atomic mass is 10.1. The van der Waals surface area contributed by atoms with Crippen molar-refractivity contribution >= 4 is 34.8 Å². The molecule has 1 fully saturated rings. The number of aromatic nitrogens is 1. The molecular formula is C14H11N3O3. The number of pyridine rings is 1. The number of fused-ring (bicyclic) bond motifs is 1. The smallest absolute Gasteiger partial charge is 0.296 e. The van der Waals surface area contributed by atoms with Crippen LogP contribution in [0.3, 0.4) is 0 Å². The minimum Gasteiger partial charge on any atom is -0.296 e.